The maximum absolute atomic E-state index is 13.1. The Morgan fingerprint density at radius 3 is 1.75 bits per heavy atom. The zero-order valence-electron chi connectivity index (χ0n) is 39.0. The molecule has 3 aliphatic rings. The average molecular weight is 799 g/mol. The van der Waals surface area contributed by atoms with E-state index in [1.165, 1.54) is 12.1 Å². The van der Waals surface area contributed by atoms with Crippen LogP contribution in [0.5, 0.6) is 0 Å². The van der Waals surface area contributed by atoms with E-state index >= 15 is 0 Å². The van der Waals surface area contributed by atoms with E-state index in [4.69, 9.17) is 0 Å². The van der Waals surface area contributed by atoms with E-state index in [-0.39, 0.29) is 38.2 Å². The summed E-state index contributed by atoms with van der Waals surface area (Å²) in [5.74, 6) is 0.963. The van der Waals surface area contributed by atoms with Crippen molar-refractivity contribution in [3.8, 4) is 0 Å². The average Bonchev–Trinajstić information content (AvgIpc) is 3.68. The van der Waals surface area contributed by atoms with E-state index in [0.717, 1.165) is 93.2 Å². The van der Waals surface area contributed by atoms with Gasteiger partial charge < -0.3 is 8.80 Å². The predicted molar refractivity (Wildman–Crippen MR) is 246 cm³/mol. The Morgan fingerprint density at radius 1 is 0.695 bits per heavy atom. The quantitative estimate of drug-likeness (QED) is 0.165. The number of aromatic nitrogens is 6. The van der Waals surface area contributed by atoms with Crippen LogP contribution in [0.3, 0.4) is 0 Å². The molecule has 0 amide bonds. The lowest BCUT2D eigenvalue weighted by Crippen LogP contribution is -2.31. The standard InChI is InChI=1S/C24H29N3O.C23H29N3O.2C2H6/c1-6-23(3,4)13-18-16-9-12-27-20-15-7-10-24(5,14(15)2)19(20)22(28)26-21(27)17(16)8-11-25-18;1-21(2,3)12-16-14-9-11-26-18-17(22(4,5)13-23(18,6)7)20(27)25-19(26)15(14)8-10-24-16;2*1-2/h8-9,11-12,14-15H,6-7,10,13H2,1-5H3;8-11H,12-13H2,1-7H3;2*1-2H3. The van der Waals surface area contributed by atoms with Gasteiger partial charge in [-0.05, 0) is 78.5 Å². The molecule has 0 spiro atoms. The number of hydrogen-bond donors (Lipinski definition) is 0. The third-order valence-electron chi connectivity index (χ3n) is 13.7. The van der Waals surface area contributed by atoms with Gasteiger partial charge in [0.2, 0.25) is 0 Å². The van der Waals surface area contributed by atoms with Gasteiger partial charge in [0, 0.05) is 97.0 Å². The van der Waals surface area contributed by atoms with E-state index in [9.17, 15) is 9.59 Å². The minimum absolute atomic E-state index is 0.0191. The molecule has 6 aromatic rings. The minimum atomic E-state index is -0.158. The lowest BCUT2D eigenvalue weighted by atomic mass is 9.79. The minimum Gasteiger partial charge on any atom is -0.304 e. The van der Waals surface area contributed by atoms with Crippen molar-refractivity contribution in [2.24, 2.45) is 16.7 Å². The molecule has 2 bridgehead atoms. The highest BCUT2D eigenvalue weighted by Gasteiger charge is 2.55. The summed E-state index contributed by atoms with van der Waals surface area (Å²) in [7, 11) is 0. The molecule has 3 atom stereocenters. The largest absolute Gasteiger partial charge is 0.304 e. The van der Waals surface area contributed by atoms with Gasteiger partial charge in [0.15, 0.2) is 0 Å². The zero-order chi connectivity index (χ0) is 43.6. The summed E-state index contributed by atoms with van der Waals surface area (Å²) in [4.78, 5) is 44.7. The second kappa shape index (κ2) is 15.5. The molecule has 3 aliphatic carbocycles. The monoisotopic (exact) mass is 799 g/mol. The summed E-state index contributed by atoms with van der Waals surface area (Å²) >= 11 is 0. The highest BCUT2D eigenvalue weighted by atomic mass is 16.1. The first kappa shape index (κ1) is 44.1. The molecular formula is C51H70N6O2. The molecule has 1 fully saturated rings. The fourth-order valence-electron chi connectivity index (χ4n) is 10.8. The SMILES string of the molecule is CC.CC.CC(C)(C)Cc1nccc2c1ccn1c3c(c(=O)nc21)C(C)(C)CC3(C)C.CCC(C)(C)Cc1nccc2c1ccn1c3c(c(=O)nc21)C1(C)CCC3C1C. The van der Waals surface area contributed by atoms with Crippen molar-refractivity contribution in [2.45, 2.75) is 171 Å². The first-order valence-corrected chi connectivity index (χ1v) is 22.3. The molecule has 316 valence electrons. The van der Waals surface area contributed by atoms with Crippen molar-refractivity contribution in [2.75, 3.05) is 0 Å². The molecule has 59 heavy (non-hydrogen) atoms. The van der Waals surface area contributed by atoms with E-state index in [0.29, 0.717) is 11.8 Å². The predicted octanol–water partition coefficient (Wildman–Crippen LogP) is 11.8. The third kappa shape index (κ3) is 7.41. The summed E-state index contributed by atoms with van der Waals surface area (Å²) in [6.07, 6.45) is 14.0. The van der Waals surface area contributed by atoms with Crippen LogP contribution in [0, 0.1) is 16.7 Å². The Hall–Kier alpha value is -4.46. The molecule has 0 saturated heterocycles. The van der Waals surface area contributed by atoms with Gasteiger partial charge in [0.1, 0.15) is 11.3 Å². The summed E-state index contributed by atoms with van der Waals surface area (Å²) in [5.41, 5.74) is 7.86. The molecule has 6 aromatic heterocycles. The van der Waals surface area contributed by atoms with E-state index in [2.05, 4.69) is 136 Å². The number of hydrogen-bond acceptors (Lipinski definition) is 6. The lowest BCUT2D eigenvalue weighted by molar-refractivity contribution is 0.347. The van der Waals surface area contributed by atoms with Gasteiger partial charge in [-0.3, -0.25) is 19.6 Å². The van der Waals surface area contributed by atoms with Crippen LogP contribution in [0.4, 0.5) is 0 Å². The highest BCUT2D eigenvalue weighted by molar-refractivity contribution is 5.96. The van der Waals surface area contributed by atoms with Crippen LogP contribution in [-0.4, -0.2) is 28.7 Å². The van der Waals surface area contributed by atoms with Crippen molar-refractivity contribution < 1.29 is 0 Å². The van der Waals surface area contributed by atoms with Crippen molar-refractivity contribution in [1.82, 2.24) is 28.7 Å². The van der Waals surface area contributed by atoms with Gasteiger partial charge >= 0.3 is 0 Å². The van der Waals surface area contributed by atoms with Gasteiger partial charge in [0.25, 0.3) is 11.1 Å². The molecule has 9 rings (SSSR count). The second-order valence-electron chi connectivity index (χ2n) is 20.5. The third-order valence-corrected chi connectivity index (χ3v) is 13.7. The number of rotatable bonds is 4. The fourth-order valence-corrected chi connectivity index (χ4v) is 10.8. The Balaban J connectivity index is 0.000000183. The number of nitrogens with zero attached hydrogens (tertiary/aromatic N) is 6. The molecule has 8 heteroatoms. The molecule has 8 nitrogen and oxygen atoms in total. The first-order chi connectivity index (χ1) is 27.7. The number of pyridine rings is 4. The first-order valence-electron chi connectivity index (χ1n) is 22.3. The van der Waals surface area contributed by atoms with Crippen LogP contribution in [-0.2, 0) is 29.1 Å². The van der Waals surface area contributed by atoms with Crippen LogP contribution in [0.25, 0.3) is 32.8 Å². The van der Waals surface area contributed by atoms with Gasteiger partial charge in [0.05, 0.1) is 0 Å². The van der Waals surface area contributed by atoms with Crippen molar-refractivity contribution in [3.05, 3.63) is 104 Å². The van der Waals surface area contributed by atoms with Crippen LogP contribution in [0.2, 0.25) is 0 Å². The van der Waals surface area contributed by atoms with Gasteiger partial charge in [-0.2, -0.15) is 9.97 Å². The van der Waals surface area contributed by atoms with Crippen LogP contribution < -0.4 is 11.1 Å². The molecular weight excluding hydrogens is 729 g/mol. The van der Waals surface area contributed by atoms with E-state index in [1.807, 2.05) is 52.2 Å². The summed E-state index contributed by atoms with van der Waals surface area (Å²) in [6.45, 7) is 34.8. The number of fused-ring (bicyclic) bond motifs is 14. The Morgan fingerprint density at radius 2 is 1.20 bits per heavy atom. The maximum atomic E-state index is 13.1. The molecule has 0 aliphatic heterocycles. The van der Waals surface area contributed by atoms with Gasteiger partial charge in [-0.15, -0.1) is 0 Å². The van der Waals surface area contributed by atoms with Gasteiger partial charge in [-0.25, -0.2) is 0 Å². The van der Waals surface area contributed by atoms with Crippen molar-refractivity contribution in [1.29, 1.82) is 0 Å². The Labute approximate surface area is 352 Å². The molecule has 0 radical (unpaired) electrons. The Bertz CT molecular complexity index is 2680. The summed E-state index contributed by atoms with van der Waals surface area (Å²) in [5, 5.41) is 4.26. The fraction of sp³-hybridized carbons (Fsp3) is 0.569. The lowest BCUT2D eigenvalue weighted by Gasteiger charge is -2.26. The molecule has 0 aromatic carbocycles. The van der Waals surface area contributed by atoms with Crippen LogP contribution in [0.1, 0.15) is 176 Å². The van der Waals surface area contributed by atoms with Crippen molar-refractivity contribution in [3.63, 3.8) is 0 Å². The highest BCUT2D eigenvalue weighted by Crippen LogP contribution is 2.59. The molecule has 3 unspecified atom stereocenters. The molecule has 6 heterocycles. The summed E-state index contributed by atoms with van der Waals surface area (Å²) < 4.78 is 4.36. The summed E-state index contributed by atoms with van der Waals surface area (Å²) in [6, 6.07) is 8.33. The Kier molecular flexibility index (Phi) is 11.6. The molecule has 1 saturated carbocycles. The van der Waals surface area contributed by atoms with E-state index in [1.54, 1.807) is 0 Å². The maximum Gasteiger partial charge on any atom is 0.277 e. The smallest absolute Gasteiger partial charge is 0.277 e. The topological polar surface area (TPSA) is 94.5 Å². The van der Waals surface area contributed by atoms with Crippen molar-refractivity contribution >= 4 is 32.8 Å². The zero-order valence-corrected chi connectivity index (χ0v) is 39.0. The normalized spacial score (nSPS) is 21.0. The van der Waals surface area contributed by atoms with E-state index < -0.39 is 0 Å². The second-order valence-corrected chi connectivity index (χ2v) is 20.5. The van der Waals surface area contributed by atoms with Crippen LogP contribution in [0.15, 0.2) is 58.6 Å². The van der Waals surface area contributed by atoms with Gasteiger partial charge in [-0.1, -0.05) is 117 Å². The van der Waals surface area contributed by atoms with Crippen LogP contribution >= 0.6 is 0 Å². The molecule has 0 N–H and O–H groups in total.